The Morgan fingerprint density at radius 2 is 1.77 bits per heavy atom. The zero-order chi connectivity index (χ0) is 18.5. The van der Waals surface area contributed by atoms with Crippen molar-refractivity contribution in [3.05, 3.63) is 30.1 Å². The molecular formula is C18H24N4O4. The molecule has 1 N–H and O–H groups in total. The fourth-order valence-corrected chi connectivity index (χ4v) is 3.14. The molecule has 2 aliphatic rings. The summed E-state index contributed by atoms with van der Waals surface area (Å²) in [5.74, 6) is -0.545. The molecule has 2 unspecified atom stereocenters. The third-order valence-corrected chi connectivity index (χ3v) is 4.78. The molecule has 1 aliphatic heterocycles. The summed E-state index contributed by atoms with van der Waals surface area (Å²) in [6.45, 7) is 4.46. The molecule has 0 bridgehead atoms. The quantitative estimate of drug-likeness (QED) is 0.832. The van der Waals surface area contributed by atoms with Gasteiger partial charge in [0.15, 0.2) is 0 Å². The lowest BCUT2D eigenvalue weighted by Crippen LogP contribution is -2.51. The van der Waals surface area contributed by atoms with Crippen molar-refractivity contribution < 1.29 is 19.1 Å². The number of hydrogen-bond donors (Lipinski definition) is 1. The van der Waals surface area contributed by atoms with Gasteiger partial charge in [0, 0.05) is 45.1 Å². The number of ether oxygens (including phenoxy) is 1. The number of nitrogens with one attached hydrogen (secondary N) is 1. The summed E-state index contributed by atoms with van der Waals surface area (Å²) in [6.07, 6.45) is 3.63. The first-order valence-electron chi connectivity index (χ1n) is 8.97. The van der Waals surface area contributed by atoms with E-state index in [1.54, 1.807) is 29.1 Å². The average Bonchev–Trinajstić information content (AvgIpc) is 3.47. The monoisotopic (exact) mass is 360 g/mol. The van der Waals surface area contributed by atoms with Gasteiger partial charge >= 0.3 is 6.09 Å². The zero-order valence-corrected chi connectivity index (χ0v) is 14.9. The van der Waals surface area contributed by atoms with Crippen molar-refractivity contribution in [1.82, 2.24) is 20.1 Å². The molecule has 1 aromatic rings. The zero-order valence-electron chi connectivity index (χ0n) is 14.9. The lowest BCUT2D eigenvalue weighted by Gasteiger charge is -2.34. The maximum Gasteiger partial charge on any atom is 0.409 e. The van der Waals surface area contributed by atoms with E-state index in [2.05, 4.69) is 10.3 Å². The summed E-state index contributed by atoms with van der Waals surface area (Å²) in [7, 11) is 0. The predicted molar refractivity (Wildman–Crippen MR) is 92.9 cm³/mol. The van der Waals surface area contributed by atoms with Crippen molar-refractivity contribution in [3.63, 3.8) is 0 Å². The van der Waals surface area contributed by atoms with Gasteiger partial charge in [-0.2, -0.15) is 0 Å². The van der Waals surface area contributed by atoms with Gasteiger partial charge in [0.1, 0.15) is 0 Å². The molecule has 26 heavy (non-hydrogen) atoms. The van der Waals surface area contributed by atoms with Crippen LogP contribution < -0.4 is 5.32 Å². The minimum absolute atomic E-state index is 0.0116. The Labute approximate surface area is 152 Å². The Kier molecular flexibility index (Phi) is 5.70. The van der Waals surface area contributed by atoms with Crippen LogP contribution in [0.3, 0.4) is 0 Å². The summed E-state index contributed by atoms with van der Waals surface area (Å²) in [5, 5.41) is 2.88. The molecule has 1 aliphatic carbocycles. The van der Waals surface area contributed by atoms with E-state index in [1.165, 1.54) is 0 Å². The van der Waals surface area contributed by atoms with E-state index >= 15 is 0 Å². The van der Waals surface area contributed by atoms with Crippen molar-refractivity contribution >= 4 is 17.9 Å². The molecule has 8 heteroatoms. The maximum absolute atomic E-state index is 12.6. The van der Waals surface area contributed by atoms with Crippen molar-refractivity contribution in [2.24, 2.45) is 11.8 Å². The van der Waals surface area contributed by atoms with Crippen LogP contribution in [0.2, 0.25) is 0 Å². The Morgan fingerprint density at radius 1 is 1.12 bits per heavy atom. The first-order chi connectivity index (χ1) is 12.6. The maximum atomic E-state index is 12.6. The molecule has 2 heterocycles. The smallest absolute Gasteiger partial charge is 0.409 e. The van der Waals surface area contributed by atoms with Crippen molar-refractivity contribution in [2.75, 3.05) is 32.8 Å². The standard InChI is InChI=1S/C18H24N4O4/c1-2-26-18(25)22-9-7-21(8-10-22)17(24)15-11-14(15)16(23)20-12-13-3-5-19-6-4-13/h3-6,14-15H,2,7-12H2,1H3,(H,20,23). The van der Waals surface area contributed by atoms with E-state index in [-0.39, 0.29) is 29.7 Å². The second kappa shape index (κ2) is 8.16. The van der Waals surface area contributed by atoms with E-state index in [0.717, 1.165) is 5.56 Å². The molecule has 1 aromatic heterocycles. The first kappa shape index (κ1) is 18.2. The number of nitrogens with zero attached hydrogens (tertiary/aromatic N) is 3. The number of pyridine rings is 1. The normalized spacial score (nSPS) is 21.9. The highest BCUT2D eigenvalue weighted by molar-refractivity contribution is 5.92. The number of amides is 3. The molecule has 140 valence electrons. The van der Waals surface area contributed by atoms with Crippen LogP contribution in [0.1, 0.15) is 18.9 Å². The van der Waals surface area contributed by atoms with E-state index in [4.69, 9.17) is 4.74 Å². The van der Waals surface area contributed by atoms with E-state index in [1.807, 2.05) is 12.1 Å². The van der Waals surface area contributed by atoms with Gasteiger partial charge in [0.2, 0.25) is 11.8 Å². The van der Waals surface area contributed by atoms with E-state index < -0.39 is 0 Å². The van der Waals surface area contributed by atoms with Crippen LogP contribution in [-0.2, 0) is 20.9 Å². The number of piperazine rings is 1. The Bertz CT molecular complexity index is 658. The number of aromatic nitrogens is 1. The highest BCUT2D eigenvalue weighted by Crippen LogP contribution is 2.40. The van der Waals surface area contributed by atoms with Gasteiger partial charge in [0.25, 0.3) is 0 Å². The summed E-state index contributed by atoms with van der Waals surface area (Å²) >= 11 is 0. The van der Waals surface area contributed by atoms with Crippen LogP contribution in [0.5, 0.6) is 0 Å². The van der Waals surface area contributed by atoms with Crippen LogP contribution in [-0.4, -0.2) is 65.5 Å². The summed E-state index contributed by atoms with van der Waals surface area (Å²) < 4.78 is 4.98. The molecule has 0 aromatic carbocycles. The van der Waals surface area contributed by atoms with Crippen LogP contribution in [0, 0.1) is 11.8 Å². The summed E-state index contributed by atoms with van der Waals surface area (Å²) in [6, 6.07) is 3.69. The topological polar surface area (TPSA) is 91.8 Å². The van der Waals surface area contributed by atoms with Crippen molar-refractivity contribution in [1.29, 1.82) is 0 Å². The van der Waals surface area contributed by atoms with Gasteiger partial charge in [-0.25, -0.2) is 4.79 Å². The minimum Gasteiger partial charge on any atom is -0.450 e. The molecule has 2 atom stereocenters. The lowest BCUT2D eigenvalue weighted by atomic mass is 10.2. The SMILES string of the molecule is CCOC(=O)N1CCN(C(=O)C2CC2C(=O)NCc2ccncc2)CC1. The predicted octanol–water partition coefficient (Wildman–Crippen LogP) is 0.635. The third-order valence-electron chi connectivity index (χ3n) is 4.78. The van der Waals surface area contributed by atoms with Gasteiger partial charge in [-0.05, 0) is 31.0 Å². The number of carbonyl (C=O) groups is 3. The van der Waals surface area contributed by atoms with Crippen LogP contribution in [0.4, 0.5) is 4.79 Å². The molecule has 2 fully saturated rings. The van der Waals surface area contributed by atoms with Gasteiger partial charge in [0.05, 0.1) is 18.4 Å². The summed E-state index contributed by atoms with van der Waals surface area (Å²) in [5.41, 5.74) is 0.979. The largest absolute Gasteiger partial charge is 0.450 e. The molecular weight excluding hydrogens is 336 g/mol. The summed E-state index contributed by atoms with van der Waals surface area (Å²) in [4.78, 5) is 43.8. The van der Waals surface area contributed by atoms with Gasteiger partial charge in [-0.3, -0.25) is 14.6 Å². The van der Waals surface area contributed by atoms with Crippen LogP contribution in [0.25, 0.3) is 0 Å². The molecule has 8 nitrogen and oxygen atoms in total. The minimum atomic E-state index is -0.334. The first-order valence-corrected chi connectivity index (χ1v) is 8.97. The van der Waals surface area contributed by atoms with Crippen LogP contribution >= 0.6 is 0 Å². The Morgan fingerprint density at radius 3 is 2.42 bits per heavy atom. The van der Waals surface area contributed by atoms with Crippen molar-refractivity contribution in [2.45, 2.75) is 19.9 Å². The Hall–Kier alpha value is -2.64. The molecule has 3 rings (SSSR count). The van der Waals surface area contributed by atoms with E-state index in [0.29, 0.717) is 45.8 Å². The molecule has 0 spiro atoms. The fourth-order valence-electron chi connectivity index (χ4n) is 3.14. The van der Waals surface area contributed by atoms with Crippen LogP contribution in [0.15, 0.2) is 24.5 Å². The average molecular weight is 360 g/mol. The lowest BCUT2D eigenvalue weighted by molar-refractivity contribution is -0.136. The van der Waals surface area contributed by atoms with Gasteiger partial charge in [-0.15, -0.1) is 0 Å². The second-order valence-corrected chi connectivity index (χ2v) is 6.53. The molecule has 3 amide bonds. The number of carbonyl (C=O) groups excluding carboxylic acids is 3. The van der Waals surface area contributed by atoms with Gasteiger partial charge < -0.3 is 19.9 Å². The van der Waals surface area contributed by atoms with Crippen molar-refractivity contribution in [3.8, 4) is 0 Å². The van der Waals surface area contributed by atoms with Gasteiger partial charge in [-0.1, -0.05) is 0 Å². The van der Waals surface area contributed by atoms with E-state index in [9.17, 15) is 14.4 Å². The Balaban J connectivity index is 1.41. The third kappa shape index (κ3) is 4.30. The highest BCUT2D eigenvalue weighted by Gasteiger charge is 2.49. The number of rotatable bonds is 5. The highest BCUT2D eigenvalue weighted by atomic mass is 16.6. The molecule has 1 saturated carbocycles. The molecule has 0 radical (unpaired) electrons. The number of hydrogen-bond acceptors (Lipinski definition) is 5. The second-order valence-electron chi connectivity index (χ2n) is 6.53. The molecule has 1 saturated heterocycles. The fraction of sp³-hybridized carbons (Fsp3) is 0.556.